The van der Waals surface area contributed by atoms with Crippen LogP contribution in [0.2, 0.25) is 0 Å². The average molecular weight is 361 g/mol. The van der Waals surface area contributed by atoms with Crippen LogP contribution in [0.3, 0.4) is 0 Å². The van der Waals surface area contributed by atoms with E-state index in [2.05, 4.69) is 0 Å². The molecule has 1 fully saturated rings. The summed E-state index contributed by atoms with van der Waals surface area (Å²) >= 11 is 0. The van der Waals surface area contributed by atoms with Crippen molar-refractivity contribution in [3.8, 4) is 0 Å². The predicted octanol–water partition coefficient (Wildman–Crippen LogP) is 2.76. The SMILES string of the molecule is C[C@@H]1CN(C(=O)[C@H](c2ccccc2)N(C)C)CCN1C(=O)OC(C)(C)C. The molecule has 2 rings (SSSR count). The van der Waals surface area contributed by atoms with Crippen LogP contribution in [0, 0.1) is 0 Å². The fourth-order valence-electron chi connectivity index (χ4n) is 3.22. The number of piperazine rings is 1. The van der Waals surface area contributed by atoms with Gasteiger partial charge in [0.2, 0.25) is 5.91 Å². The molecule has 6 nitrogen and oxygen atoms in total. The van der Waals surface area contributed by atoms with Crippen LogP contribution >= 0.6 is 0 Å². The Kier molecular flexibility index (Phi) is 6.29. The van der Waals surface area contributed by atoms with Crippen molar-refractivity contribution in [1.82, 2.24) is 14.7 Å². The quantitative estimate of drug-likeness (QED) is 0.831. The van der Waals surface area contributed by atoms with E-state index in [0.29, 0.717) is 19.6 Å². The molecule has 2 atom stereocenters. The van der Waals surface area contributed by atoms with Crippen molar-refractivity contribution in [3.05, 3.63) is 35.9 Å². The number of ether oxygens (including phenoxy) is 1. The van der Waals surface area contributed by atoms with Gasteiger partial charge in [-0.2, -0.15) is 0 Å². The molecular formula is C20H31N3O3. The Labute approximate surface area is 156 Å². The highest BCUT2D eigenvalue weighted by molar-refractivity contribution is 5.83. The molecule has 1 aliphatic heterocycles. The second kappa shape index (κ2) is 8.08. The maximum absolute atomic E-state index is 13.1. The lowest BCUT2D eigenvalue weighted by atomic mass is 10.0. The van der Waals surface area contributed by atoms with Crippen molar-refractivity contribution in [3.63, 3.8) is 0 Å². The number of hydrogen-bond donors (Lipinski definition) is 0. The molecule has 1 aromatic rings. The highest BCUT2D eigenvalue weighted by Crippen LogP contribution is 2.23. The van der Waals surface area contributed by atoms with Crippen LogP contribution in [0.5, 0.6) is 0 Å². The third kappa shape index (κ3) is 4.97. The van der Waals surface area contributed by atoms with Crippen LogP contribution in [0.15, 0.2) is 30.3 Å². The summed E-state index contributed by atoms with van der Waals surface area (Å²) in [5.74, 6) is 0.0666. The number of hydrogen-bond acceptors (Lipinski definition) is 4. The molecule has 1 aromatic carbocycles. The third-order valence-electron chi connectivity index (χ3n) is 4.43. The van der Waals surface area contributed by atoms with Crippen molar-refractivity contribution in [2.45, 2.75) is 45.4 Å². The number of benzene rings is 1. The molecule has 0 unspecified atom stereocenters. The largest absolute Gasteiger partial charge is 0.444 e. The molecule has 1 saturated heterocycles. The van der Waals surface area contributed by atoms with Crippen LogP contribution in [-0.2, 0) is 9.53 Å². The van der Waals surface area contributed by atoms with Gasteiger partial charge in [-0.15, -0.1) is 0 Å². The first-order valence-electron chi connectivity index (χ1n) is 9.10. The fourth-order valence-corrected chi connectivity index (χ4v) is 3.22. The number of carbonyl (C=O) groups is 2. The van der Waals surface area contributed by atoms with Crippen molar-refractivity contribution >= 4 is 12.0 Å². The molecular weight excluding hydrogens is 330 g/mol. The molecule has 26 heavy (non-hydrogen) atoms. The zero-order valence-electron chi connectivity index (χ0n) is 16.7. The lowest BCUT2D eigenvalue weighted by molar-refractivity contribution is -0.139. The van der Waals surface area contributed by atoms with Gasteiger partial charge in [-0.3, -0.25) is 9.69 Å². The molecule has 2 amide bonds. The van der Waals surface area contributed by atoms with Crippen LogP contribution in [0.1, 0.15) is 39.3 Å². The van der Waals surface area contributed by atoms with Gasteiger partial charge >= 0.3 is 6.09 Å². The Morgan fingerprint density at radius 2 is 1.77 bits per heavy atom. The number of amides is 2. The molecule has 1 aliphatic rings. The average Bonchev–Trinajstić information content (AvgIpc) is 2.53. The zero-order chi connectivity index (χ0) is 19.5. The van der Waals surface area contributed by atoms with Gasteiger partial charge in [-0.25, -0.2) is 4.79 Å². The summed E-state index contributed by atoms with van der Waals surface area (Å²) in [4.78, 5) is 31.0. The molecule has 0 bridgehead atoms. The number of likely N-dealkylation sites (N-methyl/N-ethyl adjacent to an activating group) is 1. The lowest BCUT2D eigenvalue weighted by Gasteiger charge is -2.41. The summed E-state index contributed by atoms with van der Waals surface area (Å²) in [5, 5.41) is 0. The first kappa shape index (κ1) is 20.2. The van der Waals surface area contributed by atoms with E-state index in [0.717, 1.165) is 5.56 Å². The minimum Gasteiger partial charge on any atom is -0.444 e. The van der Waals surface area contributed by atoms with Crippen molar-refractivity contribution in [2.24, 2.45) is 0 Å². The highest BCUT2D eigenvalue weighted by atomic mass is 16.6. The molecule has 1 heterocycles. The van der Waals surface area contributed by atoms with Crippen molar-refractivity contribution in [1.29, 1.82) is 0 Å². The summed E-state index contributed by atoms with van der Waals surface area (Å²) in [6, 6.07) is 9.39. The lowest BCUT2D eigenvalue weighted by Crippen LogP contribution is -2.57. The van der Waals surface area contributed by atoms with E-state index in [1.807, 2.05) is 81.9 Å². The molecule has 0 N–H and O–H groups in total. The van der Waals surface area contributed by atoms with Gasteiger partial charge in [0, 0.05) is 25.7 Å². The van der Waals surface area contributed by atoms with Crippen LogP contribution < -0.4 is 0 Å². The van der Waals surface area contributed by atoms with Gasteiger partial charge < -0.3 is 14.5 Å². The van der Waals surface area contributed by atoms with E-state index in [9.17, 15) is 9.59 Å². The summed E-state index contributed by atoms with van der Waals surface area (Å²) in [7, 11) is 3.83. The molecule has 0 radical (unpaired) electrons. The molecule has 6 heteroatoms. The van der Waals surface area contributed by atoms with E-state index >= 15 is 0 Å². The van der Waals surface area contributed by atoms with Crippen LogP contribution in [0.4, 0.5) is 4.79 Å². The maximum Gasteiger partial charge on any atom is 0.410 e. The van der Waals surface area contributed by atoms with Gasteiger partial charge in [0.05, 0.1) is 0 Å². The Morgan fingerprint density at radius 3 is 2.27 bits per heavy atom. The summed E-state index contributed by atoms with van der Waals surface area (Å²) < 4.78 is 5.47. The standard InChI is InChI=1S/C20H31N3O3/c1-15-14-22(12-13-23(15)19(25)26-20(2,3)4)18(24)17(21(5)6)16-10-8-7-9-11-16/h7-11,15,17H,12-14H2,1-6H3/t15-,17+/m1/s1. The van der Waals surface area contributed by atoms with Crippen LogP contribution in [-0.4, -0.2) is 72.1 Å². The topological polar surface area (TPSA) is 53.1 Å². The maximum atomic E-state index is 13.1. The summed E-state index contributed by atoms with van der Waals surface area (Å²) in [6.07, 6.45) is -0.315. The van der Waals surface area contributed by atoms with E-state index in [4.69, 9.17) is 4.74 Å². The van der Waals surface area contributed by atoms with Gasteiger partial charge in [0.25, 0.3) is 0 Å². The smallest absolute Gasteiger partial charge is 0.410 e. The first-order chi connectivity index (χ1) is 12.1. The van der Waals surface area contributed by atoms with E-state index in [-0.39, 0.29) is 24.1 Å². The molecule has 0 saturated carbocycles. The Balaban J connectivity index is 2.07. The van der Waals surface area contributed by atoms with E-state index in [1.54, 1.807) is 4.90 Å². The Bertz CT molecular complexity index is 625. The van der Waals surface area contributed by atoms with Gasteiger partial charge in [-0.05, 0) is 47.4 Å². The normalized spacial score (nSPS) is 19.4. The van der Waals surface area contributed by atoms with Crippen molar-refractivity contribution < 1.29 is 14.3 Å². The minimum absolute atomic E-state index is 0.0666. The number of nitrogens with zero attached hydrogens (tertiary/aromatic N) is 3. The molecule has 144 valence electrons. The number of rotatable bonds is 3. The monoisotopic (exact) mass is 361 g/mol. The second-order valence-corrected chi connectivity index (χ2v) is 8.08. The van der Waals surface area contributed by atoms with Crippen LogP contribution in [0.25, 0.3) is 0 Å². The zero-order valence-corrected chi connectivity index (χ0v) is 16.7. The van der Waals surface area contributed by atoms with E-state index < -0.39 is 5.60 Å². The third-order valence-corrected chi connectivity index (χ3v) is 4.43. The summed E-state index contributed by atoms with van der Waals surface area (Å²) in [6.45, 7) is 9.03. The van der Waals surface area contributed by atoms with Crippen molar-refractivity contribution in [2.75, 3.05) is 33.7 Å². The number of carbonyl (C=O) groups excluding carboxylic acids is 2. The van der Waals surface area contributed by atoms with E-state index in [1.165, 1.54) is 0 Å². The highest BCUT2D eigenvalue weighted by Gasteiger charge is 2.35. The Hall–Kier alpha value is -2.08. The van der Waals surface area contributed by atoms with Gasteiger partial charge in [-0.1, -0.05) is 30.3 Å². The fraction of sp³-hybridized carbons (Fsp3) is 0.600. The molecule has 0 spiro atoms. The molecule has 0 aromatic heterocycles. The Morgan fingerprint density at radius 1 is 1.15 bits per heavy atom. The second-order valence-electron chi connectivity index (χ2n) is 8.08. The summed E-state index contributed by atoms with van der Waals surface area (Å²) in [5.41, 5.74) is 0.456. The first-order valence-corrected chi connectivity index (χ1v) is 9.10. The van der Waals surface area contributed by atoms with Gasteiger partial charge in [0.15, 0.2) is 0 Å². The predicted molar refractivity (Wildman–Crippen MR) is 102 cm³/mol. The minimum atomic E-state index is -0.521. The molecule has 0 aliphatic carbocycles. The van der Waals surface area contributed by atoms with Gasteiger partial charge in [0.1, 0.15) is 11.6 Å².